The van der Waals surface area contributed by atoms with E-state index in [1.807, 2.05) is 55.8 Å². The first-order valence-corrected chi connectivity index (χ1v) is 9.19. The van der Waals surface area contributed by atoms with Crippen LogP contribution in [0.5, 0.6) is 11.5 Å². The van der Waals surface area contributed by atoms with Crippen molar-refractivity contribution in [2.75, 3.05) is 14.2 Å². The van der Waals surface area contributed by atoms with E-state index < -0.39 is 0 Å². The average Bonchev–Trinajstić information content (AvgIpc) is 2.75. The van der Waals surface area contributed by atoms with Crippen LogP contribution < -0.4 is 9.47 Å². The van der Waals surface area contributed by atoms with E-state index in [0.717, 1.165) is 50.9 Å². The number of aromatic nitrogens is 2. The van der Waals surface area contributed by atoms with Crippen molar-refractivity contribution in [2.45, 2.75) is 13.3 Å². The van der Waals surface area contributed by atoms with Gasteiger partial charge in [-0.2, -0.15) is 0 Å². The average molecular weight is 370 g/mol. The van der Waals surface area contributed by atoms with Gasteiger partial charge in [0.05, 0.1) is 14.2 Å². The Morgan fingerprint density at radius 2 is 1.50 bits per heavy atom. The SMILES string of the molecule is COc1cc2c(Cc3cncc(-c4ccccc4)c3)cnc(C)c2cc1OC. The number of pyridine rings is 2. The van der Waals surface area contributed by atoms with Crippen LogP contribution in [0.3, 0.4) is 0 Å². The number of ether oxygens (including phenoxy) is 2. The van der Waals surface area contributed by atoms with Crippen molar-refractivity contribution in [3.63, 3.8) is 0 Å². The molecule has 0 fully saturated rings. The van der Waals surface area contributed by atoms with Crippen molar-refractivity contribution in [3.8, 4) is 22.6 Å². The third-order valence-electron chi connectivity index (χ3n) is 4.97. The maximum Gasteiger partial charge on any atom is 0.161 e. The number of methoxy groups -OCH3 is 2. The van der Waals surface area contributed by atoms with E-state index in [1.165, 1.54) is 0 Å². The van der Waals surface area contributed by atoms with Crippen LogP contribution >= 0.6 is 0 Å². The molecule has 0 aliphatic heterocycles. The molecule has 4 aromatic rings. The van der Waals surface area contributed by atoms with Gasteiger partial charge >= 0.3 is 0 Å². The van der Waals surface area contributed by atoms with Crippen LogP contribution in [-0.2, 0) is 6.42 Å². The zero-order valence-corrected chi connectivity index (χ0v) is 16.3. The van der Waals surface area contributed by atoms with Gasteiger partial charge in [0.25, 0.3) is 0 Å². The van der Waals surface area contributed by atoms with Gasteiger partial charge in [0.2, 0.25) is 0 Å². The molecule has 4 rings (SSSR count). The largest absolute Gasteiger partial charge is 0.493 e. The molecular formula is C24H22N2O2. The van der Waals surface area contributed by atoms with E-state index in [0.29, 0.717) is 5.75 Å². The summed E-state index contributed by atoms with van der Waals surface area (Å²) in [6.45, 7) is 2.01. The first kappa shape index (κ1) is 18.0. The fourth-order valence-electron chi connectivity index (χ4n) is 3.49. The van der Waals surface area contributed by atoms with Crippen molar-refractivity contribution < 1.29 is 9.47 Å². The molecule has 0 amide bonds. The van der Waals surface area contributed by atoms with E-state index in [1.54, 1.807) is 14.2 Å². The molecule has 2 aromatic heterocycles. The van der Waals surface area contributed by atoms with E-state index in [-0.39, 0.29) is 0 Å². The Hall–Kier alpha value is -3.40. The van der Waals surface area contributed by atoms with Gasteiger partial charge in [-0.1, -0.05) is 30.3 Å². The number of fused-ring (bicyclic) bond motifs is 1. The summed E-state index contributed by atoms with van der Waals surface area (Å²) in [5.41, 5.74) is 5.52. The Kier molecular flexibility index (Phi) is 4.94. The molecule has 0 atom stereocenters. The Morgan fingerprint density at radius 3 is 2.21 bits per heavy atom. The highest BCUT2D eigenvalue weighted by Gasteiger charge is 2.12. The Morgan fingerprint density at radius 1 is 0.786 bits per heavy atom. The first-order valence-electron chi connectivity index (χ1n) is 9.19. The lowest BCUT2D eigenvalue weighted by Gasteiger charge is -2.13. The van der Waals surface area contributed by atoms with Gasteiger partial charge in [0, 0.05) is 41.7 Å². The first-order chi connectivity index (χ1) is 13.7. The molecule has 2 aromatic carbocycles. The van der Waals surface area contributed by atoms with E-state index >= 15 is 0 Å². The molecule has 4 nitrogen and oxygen atoms in total. The van der Waals surface area contributed by atoms with Crippen molar-refractivity contribution in [1.82, 2.24) is 9.97 Å². The van der Waals surface area contributed by atoms with Gasteiger partial charge in [-0.15, -0.1) is 0 Å². The molecule has 0 aliphatic carbocycles. The molecule has 0 bridgehead atoms. The quantitative estimate of drug-likeness (QED) is 0.483. The summed E-state index contributed by atoms with van der Waals surface area (Å²) < 4.78 is 11.0. The Balaban J connectivity index is 1.77. The molecule has 0 spiro atoms. The smallest absolute Gasteiger partial charge is 0.161 e. The topological polar surface area (TPSA) is 44.2 Å². The minimum absolute atomic E-state index is 0.713. The third-order valence-corrected chi connectivity index (χ3v) is 4.97. The summed E-state index contributed by atoms with van der Waals surface area (Å²) >= 11 is 0. The van der Waals surface area contributed by atoms with Gasteiger partial charge in [-0.25, -0.2) is 0 Å². The summed E-state index contributed by atoms with van der Waals surface area (Å²) in [7, 11) is 3.31. The lowest BCUT2D eigenvalue weighted by molar-refractivity contribution is 0.356. The van der Waals surface area contributed by atoms with Crippen LogP contribution in [0.25, 0.3) is 21.9 Å². The van der Waals surface area contributed by atoms with Crippen LogP contribution in [0.2, 0.25) is 0 Å². The number of hydrogen-bond acceptors (Lipinski definition) is 4. The fraction of sp³-hybridized carbons (Fsp3) is 0.167. The van der Waals surface area contributed by atoms with Crippen molar-refractivity contribution in [3.05, 3.63) is 83.9 Å². The summed E-state index contributed by atoms with van der Waals surface area (Å²) in [6.07, 6.45) is 6.50. The van der Waals surface area contributed by atoms with Gasteiger partial charge in [-0.05, 0) is 47.2 Å². The van der Waals surface area contributed by atoms with E-state index in [9.17, 15) is 0 Å². The minimum atomic E-state index is 0.713. The molecule has 4 heteroatoms. The van der Waals surface area contributed by atoms with Gasteiger partial charge in [0.1, 0.15) is 0 Å². The van der Waals surface area contributed by atoms with Crippen LogP contribution in [0.1, 0.15) is 16.8 Å². The number of nitrogens with zero attached hydrogens (tertiary/aromatic N) is 2. The molecule has 0 saturated carbocycles. The maximum absolute atomic E-state index is 5.51. The van der Waals surface area contributed by atoms with Crippen molar-refractivity contribution in [1.29, 1.82) is 0 Å². The number of hydrogen-bond donors (Lipinski definition) is 0. The molecule has 0 aliphatic rings. The monoisotopic (exact) mass is 370 g/mol. The molecule has 28 heavy (non-hydrogen) atoms. The predicted octanol–water partition coefficient (Wildman–Crippen LogP) is 5.21. The predicted molar refractivity (Wildman–Crippen MR) is 112 cm³/mol. The zero-order chi connectivity index (χ0) is 19.5. The van der Waals surface area contributed by atoms with E-state index in [2.05, 4.69) is 28.2 Å². The summed E-state index contributed by atoms with van der Waals surface area (Å²) in [5, 5.41) is 2.19. The van der Waals surface area contributed by atoms with Crippen LogP contribution in [-0.4, -0.2) is 24.2 Å². The second-order valence-corrected chi connectivity index (χ2v) is 6.75. The van der Waals surface area contributed by atoms with Crippen LogP contribution in [0, 0.1) is 6.92 Å². The molecule has 0 radical (unpaired) electrons. The van der Waals surface area contributed by atoms with Gasteiger partial charge in [0.15, 0.2) is 11.5 Å². The zero-order valence-electron chi connectivity index (χ0n) is 16.3. The third kappa shape index (κ3) is 3.41. The lowest BCUT2D eigenvalue weighted by Crippen LogP contribution is -1.97. The van der Waals surface area contributed by atoms with Crippen molar-refractivity contribution in [2.24, 2.45) is 0 Å². The van der Waals surface area contributed by atoms with Gasteiger partial charge < -0.3 is 9.47 Å². The number of rotatable bonds is 5. The molecular weight excluding hydrogens is 348 g/mol. The number of benzene rings is 2. The highest BCUT2D eigenvalue weighted by atomic mass is 16.5. The highest BCUT2D eigenvalue weighted by Crippen LogP contribution is 2.35. The molecule has 140 valence electrons. The van der Waals surface area contributed by atoms with Crippen molar-refractivity contribution >= 4 is 10.8 Å². The molecule has 0 unspecified atom stereocenters. The normalized spacial score (nSPS) is 10.8. The highest BCUT2D eigenvalue weighted by molar-refractivity contribution is 5.90. The standard InChI is InChI=1S/C24H22N2O2/c1-16-21-11-23(27-2)24(28-3)12-22(21)20(15-26-16)10-17-9-19(14-25-13-17)18-7-5-4-6-8-18/h4-9,11-15H,10H2,1-3H3. The number of aryl methyl sites for hydroxylation is 1. The fourth-order valence-corrected chi connectivity index (χ4v) is 3.49. The minimum Gasteiger partial charge on any atom is -0.493 e. The van der Waals surface area contributed by atoms with Crippen LogP contribution in [0.15, 0.2) is 67.1 Å². The van der Waals surface area contributed by atoms with Gasteiger partial charge in [-0.3, -0.25) is 9.97 Å². The lowest BCUT2D eigenvalue weighted by atomic mass is 9.98. The molecule has 0 saturated heterocycles. The second kappa shape index (κ2) is 7.69. The van der Waals surface area contributed by atoms with E-state index in [4.69, 9.17) is 9.47 Å². The maximum atomic E-state index is 5.51. The molecule has 2 heterocycles. The Bertz CT molecular complexity index is 1120. The molecule has 0 N–H and O–H groups in total. The Labute approximate surface area is 164 Å². The van der Waals surface area contributed by atoms with Crippen LogP contribution in [0.4, 0.5) is 0 Å². The summed E-state index contributed by atoms with van der Waals surface area (Å²) in [5.74, 6) is 1.43. The summed E-state index contributed by atoms with van der Waals surface area (Å²) in [6, 6.07) is 16.5. The summed E-state index contributed by atoms with van der Waals surface area (Å²) in [4.78, 5) is 9.05. The second-order valence-electron chi connectivity index (χ2n) is 6.75.